The summed E-state index contributed by atoms with van der Waals surface area (Å²) in [5.74, 6) is -0.181. The van der Waals surface area contributed by atoms with Crippen LogP contribution < -0.4 is 5.73 Å². The van der Waals surface area contributed by atoms with Gasteiger partial charge in [-0.2, -0.15) is 0 Å². The van der Waals surface area contributed by atoms with Gasteiger partial charge in [-0.05, 0) is 54.7 Å². The highest BCUT2D eigenvalue weighted by Gasteiger charge is 2.26. The molecule has 4 rings (SSSR count). The van der Waals surface area contributed by atoms with Crippen LogP contribution in [0.2, 0.25) is 5.02 Å². The number of hydrogen-bond donors (Lipinski definition) is 2. The van der Waals surface area contributed by atoms with Crippen LogP contribution in [0.4, 0.5) is 0 Å². The van der Waals surface area contributed by atoms with Crippen molar-refractivity contribution >= 4 is 28.5 Å². The lowest BCUT2D eigenvalue weighted by Gasteiger charge is -2.23. The van der Waals surface area contributed by atoms with E-state index in [1.54, 1.807) is 6.07 Å². The molecule has 1 atom stereocenters. The van der Waals surface area contributed by atoms with Gasteiger partial charge in [0.1, 0.15) is 11.3 Å². The van der Waals surface area contributed by atoms with E-state index in [0.29, 0.717) is 11.6 Å². The third-order valence-corrected chi connectivity index (χ3v) is 4.82. The van der Waals surface area contributed by atoms with Gasteiger partial charge in [0.05, 0.1) is 0 Å². The van der Waals surface area contributed by atoms with Crippen LogP contribution in [-0.2, 0) is 6.42 Å². The molecule has 0 saturated heterocycles. The Morgan fingerprint density at radius 1 is 1.22 bits per heavy atom. The largest absolute Gasteiger partial charge is 0.364 e. The van der Waals surface area contributed by atoms with Gasteiger partial charge in [-0.25, -0.2) is 4.98 Å². The number of halogens is 1. The molecule has 0 fully saturated rings. The van der Waals surface area contributed by atoms with E-state index in [1.165, 1.54) is 16.8 Å². The van der Waals surface area contributed by atoms with Crippen molar-refractivity contribution in [1.82, 2.24) is 9.97 Å². The number of H-pyrrole nitrogens is 1. The molecule has 0 saturated carbocycles. The van der Waals surface area contributed by atoms with Crippen molar-refractivity contribution in [3.8, 4) is 0 Å². The van der Waals surface area contributed by atoms with Crippen LogP contribution in [0.25, 0.3) is 11.0 Å². The first-order chi connectivity index (χ1) is 11.1. The van der Waals surface area contributed by atoms with Crippen LogP contribution in [0.5, 0.6) is 0 Å². The summed E-state index contributed by atoms with van der Waals surface area (Å²) >= 11 is 6.01. The topological polar surface area (TPSA) is 71.8 Å². The smallest absolute Gasteiger partial charge is 0.267 e. The van der Waals surface area contributed by atoms with E-state index in [1.807, 2.05) is 18.2 Å². The molecule has 23 heavy (non-hydrogen) atoms. The molecule has 2 heterocycles. The lowest BCUT2D eigenvalue weighted by atomic mass is 9.81. The lowest BCUT2D eigenvalue weighted by molar-refractivity contribution is 0.0996. The first kappa shape index (κ1) is 14.3. The number of benzene rings is 1. The van der Waals surface area contributed by atoms with Gasteiger partial charge in [0.15, 0.2) is 0 Å². The van der Waals surface area contributed by atoms with Gasteiger partial charge >= 0.3 is 0 Å². The second-order valence-electron chi connectivity index (χ2n) is 5.97. The Morgan fingerprint density at radius 2 is 2.00 bits per heavy atom. The highest BCUT2D eigenvalue weighted by molar-refractivity contribution is 6.30. The van der Waals surface area contributed by atoms with E-state index in [0.717, 1.165) is 35.3 Å². The molecule has 3 aromatic rings. The monoisotopic (exact) mass is 325 g/mol. The zero-order valence-electron chi connectivity index (χ0n) is 12.5. The molecule has 0 spiro atoms. The molecule has 0 aliphatic heterocycles. The van der Waals surface area contributed by atoms with Crippen molar-refractivity contribution in [2.24, 2.45) is 5.73 Å². The third-order valence-electron chi connectivity index (χ3n) is 4.57. The predicted octanol–water partition coefficient (Wildman–Crippen LogP) is 3.78. The number of fused-ring (bicyclic) bond motifs is 3. The minimum absolute atomic E-state index is 0.291. The SMILES string of the molecule is NC(=O)c1ccc2c3c([nH]c2n1)CCCC3c1ccc(Cl)cc1. The van der Waals surface area contributed by atoms with Crippen molar-refractivity contribution in [1.29, 1.82) is 0 Å². The molecule has 3 N–H and O–H groups in total. The summed E-state index contributed by atoms with van der Waals surface area (Å²) in [5, 5.41) is 1.82. The molecule has 1 aromatic carbocycles. The average molecular weight is 326 g/mol. The fourth-order valence-corrected chi connectivity index (χ4v) is 3.66. The lowest BCUT2D eigenvalue weighted by Crippen LogP contribution is -2.12. The van der Waals surface area contributed by atoms with Crippen LogP contribution >= 0.6 is 11.6 Å². The summed E-state index contributed by atoms with van der Waals surface area (Å²) in [6, 6.07) is 11.7. The third kappa shape index (κ3) is 2.39. The van der Waals surface area contributed by atoms with Crippen molar-refractivity contribution in [2.75, 3.05) is 0 Å². The van der Waals surface area contributed by atoms with Crippen molar-refractivity contribution in [3.63, 3.8) is 0 Å². The van der Waals surface area contributed by atoms with E-state index >= 15 is 0 Å². The number of pyridine rings is 1. The second-order valence-corrected chi connectivity index (χ2v) is 6.41. The van der Waals surface area contributed by atoms with Crippen molar-refractivity contribution in [2.45, 2.75) is 25.2 Å². The molecule has 4 nitrogen and oxygen atoms in total. The number of hydrogen-bond acceptors (Lipinski definition) is 2. The predicted molar refractivity (Wildman–Crippen MR) is 90.8 cm³/mol. The highest BCUT2D eigenvalue weighted by atomic mass is 35.5. The number of primary amides is 1. The standard InChI is InChI=1S/C18H16ClN3O/c19-11-6-4-10(5-7-11)12-2-1-3-14-16(12)13-8-9-15(17(20)23)22-18(13)21-14/h4-9,12H,1-3H2,(H2,20,23)(H,21,22). The van der Waals surface area contributed by atoms with E-state index in [9.17, 15) is 4.79 Å². The Morgan fingerprint density at radius 3 is 2.74 bits per heavy atom. The molecule has 1 aliphatic rings. The maximum Gasteiger partial charge on any atom is 0.267 e. The molecular weight excluding hydrogens is 310 g/mol. The van der Waals surface area contributed by atoms with Crippen LogP contribution in [0, 0.1) is 0 Å². The van der Waals surface area contributed by atoms with E-state index in [2.05, 4.69) is 22.1 Å². The first-order valence-corrected chi connectivity index (χ1v) is 8.08. The summed E-state index contributed by atoms with van der Waals surface area (Å²) in [6.07, 6.45) is 3.22. The number of aromatic nitrogens is 2. The Labute approximate surface area is 138 Å². The Hall–Kier alpha value is -2.33. The zero-order chi connectivity index (χ0) is 16.0. The van der Waals surface area contributed by atoms with Gasteiger partial charge in [0, 0.05) is 22.0 Å². The fourth-order valence-electron chi connectivity index (χ4n) is 3.53. The number of carbonyl (C=O) groups excluding carboxylic acids is 1. The maximum atomic E-state index is 11.3. The average Bonchev–Trinajstić information content (AvgIpc) is 2.93. The summed E-state index contributed by atoms with van der Waals surface area (Å²) in [5.41, 5.74) is 10.1. The van der Waals surface area contributed by atoms with Gasteiger partial charge in [0.25, 0.3) is 5.91 Å². The molecule has 0 radical (unpaired) electrons. The van der Waals surface area contributed by atoms with Crippen molar-refractivity contribution in [3.05, 3.63) is 63.9 Å². The number of carbonyl (C=O) groups is 1. The van der Waals surface area contributed by atoms with E-state index < -0.39 is 5.91 Å². The number of aryl methyl sites for hydroxylation is 1. The zero-order valence-corrected chi connectivity index (χ0v) is 13.2. The Bertz CT molecular complexity index is 899. The number of nitrogens with two attached hydrogens (primary N) is 1. The first-order valence-electron chi connectivity index (χ1n) is 7.70. The van der Waals surface area contributed by atoms with Crippen LogP contribution in [0.3, 0.4) is 0 Å². The van der Waals surface area contributed by atoms with Gasteiger partial charge < -0.3 is 10.7 Å². The number of nitrogens with one attached hydrogen (secondary N) is 1. The van der Waals surface area contributed by atoms with Gasteiger partial charge in [-0.1, -0.05) is 23.7 Å². The molecule has 116 valence electrons. The molecule has 1 amide bonds. The summed E-state index contributed by atoms with van der Waals surface area (Å²) < 4.78 is 0. The van der Waals surface area contributed by atoms with E-state index in [-0.39, 0.29) is 0 Å². The van der Waals surface area contributed by atoms with Gasteiger partial charge in [0.2, 0.25) is 0 Å². The minimum atomic E-state index is -0.506. The molecule has 5 heteroatoms. The molecule has 1 unspecified atom stereocenters. The normalized spacial score (nSPS) is 17.2. The van der Waals surface area contributed by atoms with E-state index in [4.69, 9.17) is 17.3 Å². The number of nitrogens with zero attached hydrogens (tertiary/aromatic N) is 1. The molecule has 2 aromatic heterocycles. The van der Waals surface area contributed by atoms with Crippen LogP contribution in [-0.4, -0.2) is 15.9 Å². The van der Waals surface area contributed by atoms with Crippen LogP contribution in [0.15, 0.2) is 36.4 Å². The van der Waals surface area contributed by atoms with Gasteiger partial charge in [-0.15, -0.1) is 0 Å². The highest BCUT2D eigenvalue weighted by Crippen LogP contribution is 2.40. The second kappa shape index (κ2) is 5.39. The minimum Gasteiger partial charge on any atom is -0.364 e. The summed E-state index contributed by atoms with van der Waals surface area (Å²) in [6.45, 7) is 0. The fraction of sp³-hybridized carbons (Fsp3) is 0.222. The van der Waals surface area contributed by atoms with Crippen molar-refractivity contribution < 1.29 is 4.79 Å². The summed E-state index contributed by atoms with van der Waals surface area (Å²) in [4.78, 5) is 19.1. The summed E-state index contributed by atoms with van der Waals surface area (Å²) in [7, 11) is 0. The Balaban J connectivity index is 1.87. The number of aromatic amines is 1. The molecule has 1 aliphatic carbocycles. The quantitative estimate of drug-likeness (QED) is 0.752. The van der Waals surface area contributed by atoms with Gasteiger partial charge in [-0.3, -0.25) is 4.79 Å². The molecular formula is C18H16ClN3O. The number of amides is 1. The van der Waals surface area contributed by atoms with Crippen LogP contribution in [0.1, 0.15) is 46.1 Å². The molecule has 0 bridgehead atoms. The Kier molecular flexibility index (Phi) is 3.34. The number of rotatable bonds is 2. The maximum absolute atomic E-state index is 11.3.